The number of benzene rings is 2. The quantitative estimate of drug-likeness (QED) is 0.490. The molecule has 0 aliphatic carbocycles. The maximum absolute atomic E-state index is 13.1. The Labute approximate surface area is 208 Å². The van der Waals surface area contributed by atoms with Gasteiger partial charge in [0.1, 0.15) is 5.75 Å². The van der Waals surface area contributed by atoms with Crippen molar-refractivity contribution in [2.75, 3.05) is 39.6 Å². The van der Waals surface area contributed by atoms with Crippen molar-refractivity contribution in [3.8, 4) is 5.75 Å². The van der Waals surface area contributed by atoms with Gasteiger partial charge in [-0.25, -0.2) is 26.1 Å². The average Bonchev–Trinajstić information content (AvgIpc) is 3.25. The van der Waals surface area contributed by atoms with Crippen molar-refractivity contribution in [3.05, 3.63) is 42.5 Å². The molecular weight excluding hydrogens is 512 g/mol. The van der Waals surface area contributed by atoms with Crippen LogP contribution >= 0.6 is 11.3 Å². The number of sulfonamides is 2. The van der Waals surface area contributed by atoms with Gasteiger partial charge in [-0.3, -0.25) is 4.79 Å². The fraction of sp³-hybridized carbons (Fsp3) is 0.364. The summed E-state index contributed by atoms with van der Waals surface area (Å²) in [4.78, 5) is 17.6. The highest BCUT2D eigenvalue weighted by molar-refractivity contribution is 7.89. The van der Waals surface area contributed by atoms with Crippen molar-refractivity contribution < 1.29 is 26.4 Å². The zero-order valence-electron chi connectivity index (χ0n) is 19.5. The van der Waals surface area contributed by atoms with Crippen molar-refractivity contribution >= 4 is 52.6 Å². The van der Waals surface area contributed by atoms with Crippen LogP contribution in [-0.2, 0) is 24.8 Å². The van der Waals surface area contributed by atoms with Gasteiger partial charge in [0.15, 0.2) is 5.13 Å². The number of aromatic nitrogens is 1. The van der Waals surface area contributed by atoms with Crippen molar-refractivity contribution in [2.45, 2.75) is 22.6 Å². The highest BCUT2D eigenvalue weighted by Gasteiger charge is 2.33. The molecule has 1 aromatic heterocycles. The third-order valence-corrected chi connectivity index (χ3v) is 10.4. The van der Waals surface area contributed by atoms with Gasteiger partial charge in [0.25, 0.3) is 0 Å². The van der Waals surface area contributed by atoms with Gasteiger partial charge in [-0.2, -0.15) is 4.31 Å². The van der Waals surface area contributed by atoms with Gasteiger partial charge in [0.05, 0.1) is 33.0 Å². The summed E-state index contributed by atoms with van der Waals surface area (Å²) >= 11 is 1.17. The highest BCUT2D eigenvalue weighted by atomic mass is 32.2. The van der Waals surface area contributed by atoms with Gasteiger partial charge < -0.3 is 10.1 Å². The molecule has 1 amide bonds. The van der Waals surface area contributed by atoms with E-state index in [4.69, 9.17) is 4.74 Å². The van der Waals surface area contributed by atoms with Crippen molar-refractivity contribution in [1.29, 1.82) is 0 Å². The number of amides is 1. The van der Waals surface area contributed by atoms with Crippen molar-refractivity contribution in [1.82, 2.24) is 13.6 Å². The lowest BCUT2D eigenvalue weighted by atomic mass is 9.99. The summed E-state index contributed by atoms with van der Waals surface area (Å²) in [7, 11) is -2.92. The van der Waals surface area contributed by atoms with E-state index in [0.717, 1.165) is 4.31 Å². The monoisotopic (exact) mass is 538 g/mol. The number of ether oxygens (including phenoxy) is 1. The van der Waals surface area contributed by atoms with Crippen LogP contribution in [-0.4, -0.2) is 70.6 Å². The molecule has 1 aliphatic rings. The van der Waals surface area contributed by atoms with Gasteiger partial charge in [-0.05, 0) is 55.3 Å². The zero-order valence-corrected chi connectivity index (χ0v) is 21.9. The van der Waals surface area contributed by atoms with Gasteiger partial charge in [0.2, 0.25) is 26.0 Å². The molecule has 1 fully saturated rings. The van der Waals surface area contributed by atoms with Gasteiger partial charge in [-0.15, -0.1) is 0 Å². The highest BCUT2D eigenvalue weighted by Crippen LogP contribution is 2.30. The second kappa shape index (κ2) is 9.82. The topological polar surface area (TPSA) is 126 Å². The summed E-state index contributed by atoms with van der Waals surface area (Å²) in [5.41, 5.74) is 0.565. The first kappa shape index (κ1) is 25.5. The van der Waals surface area contributed by atoms with E-state index in [1.165, 1.54) is 61.1 Å². The number of nitrogens with one attached hydrogen (secondary N) is 1. The Morgan fingerprint density at radius 2 is 1.80 bits per heavy atom. The normalized spacial score (nSPS) is 17.5. The number of anilines is 1. The van der Waals surface area contributed by atoms with E-state index in [0.29, 0.717) is 40.5 Å². The molecule has 4 rings (SSSR count). The van der Waals surface area contributed by atoms with E-state index in [1.54, 1.807) is 18.2 Å². The predicted octanol–water partition coefficient (Wildman–Crippen LogP) is 2.59. The van der Waals surface area contributed by atoms with Crippen LogP contribution in [0.5, 0.6) is 5.75 Å². The number of hydrogen-bond donors (Lipinski definition) is 1. The Morgan fingerprint density at radius 1 is 1.11 bits per heavy atom. The molecule has 0 bridgehead atoms. The third kappa shape index (κ3) is 5.19. The Hall–Kier alpha value is -2.58. The molecule has 3 aromatic rings. The molecule has 10 nitrogen and oxygen atoms in total. The van der Waals surface area contributed by atoms with Crippen LogP contribution in [0.25, 0.3) is 10.2 Å². The summed E-state index contributed by atoms with van der Waals surface area (Å²) in [5.74, 6) is -0.296. The third-order valence-electron chi connectivity index (χ3n) is 5.82. The van der Waals surface area contributed by atoms with Gasteiger partial charge in [-0.1, -0.05) is 11.3 Å². The molecule has 1 atom stereocenters. The number of carbonyl (C=O) groups excluding carboxylic acids is 1. The molecule has 2 aromatic carbocycles. The fourth-order valence-electron chi connectivity index (χ4n) is 3.81. The number of hydrogen-bond acceptors (Lipinski definition) is 8. The minimum atomic E-state index is -3.75. The lowest BCUT2D eigenvalue weighted by Gasteiger charge is -2.31. The van der Waals surface area contributed by atoms with Crippen LogP contribution in [0.2, 0.25) is 0 Å². The van der Waals surface area contributed by atoms with Crippen LogP contribution < -0.4 is 10.1 Å². The Morgan fingerprint density at radius 3 is 2.46 bits per heavy atom. The smallest absolute Gasteiger partial charge is 0.243 e. The molecule has 0 spiro atoms. The first-order valence-electron chi connectivity index (χ1n) is 10.8. The molecule has 1 saturated heterocycles. The molecule has 13 heteroatoms. The summed E-state index contributed by atoms with van der Waals surface area (Å²) in [6, 6.07) is 10.8. The van der Waals surface area contributed by atoms with Crippen LogP contribution in [0.15, 0.2) is 52.3 Å². The standard InChI is InChI=1S/C22H26N4O6S3/c1-25(2)34(28,29)18-10-11-19-20(13-18)33-22(23-19)24-21(27)15-5-4-12-26(14-15)35(30,31)17-8-6-16(32-3)7-9-17/h6-11,13,15H,4-5,12,14H2,1-3H3,(H,23,24,27). The fourth-order valence-corrected chi connectivity index (χ4v) is 7.24. The predicted molar refractivity (Wildman–Crippen MR) is 134 cm³/mol. The first-order chi connectivity index (χ1) is 16.5. The first-order valence-corrected chi connectivity index (χ1v) is 14.5. The Bertz CT molecular complexity index is 1450. The number of thiazole rings is 1. The van der Waals surface area contributed by atoms with E-state index < -0.39 is 26.0 Å². The SMILES string of the molecule is COc1ccc(S(=O)(=O)N2CCCC(C(=O)Nc3nc4ccc(S(=O)(=O)N(C)C)cc4s3)C2)cc1. The zero-order chi connectivity index (χ0) is 25.4. The minimum Gasteiger partial charge on any atom is -0.497 e. The second-order valence-corrected chi connectivity index (χ2v) is 13.4. The van der Waals surface area contributed by atoms with E-state index in [2.05, 4.69) is 10.3 Å². The van der Waals surface area contributed by atoms with Crippen LogP contribution in [0.3, 0.4) is 0 Å². The van der Waals surface area contributed by atoms with Crippen molar-refractivity contribution in [2.24, 2.45) is 5.92 Å². The number of nitrogens with zero attached hydrogens (tertiary/aromatic N) is 3. The van der Waals surface area contributed by atoms with E-state index in [9.17, 15) is 21.6 Å². The molecule has 1 N–H and O–H groups in total. The molecule has 0 saturated carbocycles. The molecule has 2 heterocycles. The van der Waals surface area contributed by atoms with Crippen molar-refractivity contribution in [3.63, 3.8) is 0 Å². The van der Waals surface area contributed by atoms with Gasteiger partial charge in [0, 0.05) is 27.2 Å². The Balaban J connectivity index is 1.48. The molecule has 188 valence electrons. The molecule has 35 heavy (non-hydrogen) atoms. The molecule has 1 aliphatic heterocycles. The number of fused-ring (bicyclic) bond motifs is 1. The Kier molecular flexibility index (Phi) is 7.16. The van der Waals surface area contributed by atoms with Crippen LogP contribution in [0, 0.1) is 5.92 Å². The largest absolute Gasteiger partial charge is 0.497 e. The summed E-state index contributed by atoms with van der Waals surface area (Å²) in [6.45, 7) is 0.402. The number of rotatable bonds is 7. The number of methoxy groups -OCH3 is 1. The number of piperidine rings is 1. The summed E-state index contributed by atoms with van der Waals surface area (Å²) < 4.78 is 59.1. The lowest BCUT2D eigenvalue weighted by molar-refractivity contribution is -0.120. The lowest BCUT2D eigenvalue weighted by Crippen LogP contribution is -2.43. The minimum absolute atomic E-state index is 0.0658. The average molecular weight is 539 g/mol. The van der Waals surface area contributed by atoms with Crippen LogP contribution in [0.4, 0.5) is 5.13 Å². The summed E-state index contributed by atoms with van der Waals surface area (Å²) in [5, 5.41) is 3.11. The van der Waals surface area contributed by atoms with Gasteiger partial charge >= 0.3 is 0 Å². The molecular formula is C22H26N4O6S3. The number of carbonyl (C=O) groups is 1. The van der Waals surface area contributed by atoms with E-state index >= 15 is 0 Å². The van der Waals surface area contributed by atoms with Crippen LogP contribution in [0.1, 0.15) is 12.8 Å². The van der Waals surface area contributed by atoms with E-state index in [-0.39, 0.29) is 22.2 Å². The molecule has 0 radical (unpaired) electrons. The maximum atomic E-state index is 13.1. The maximum Gasteiger partial charge on any atom is 0.243 e. The summed E-state index contributed by atoms with van der Waals surface area (Å²) in [6.07, 6.45) is 1.11. The second-order valence-electron chi connectivity index (χ2n) is 8.30. The molecule has 1 unspecified atom stereocenters. The van der Waals surface area contributed by atoms with E-state index in [1.807, 2.05) is 0 Å².